The molecule has 0 bridgehead atoms. The molecule has 22 heavy (non-hydrogen) atoms. The van der Waals surface area contributed by atoms with Crippen LogP contribution in [0.3, 0.4) is 0 Å². The van der Waals surface area contributed by atoms with Crippen molar-refractivity contribution >= 4 is 43.3 Å². The molecule has 0 spiro atoms. The third kappa shape index (κ3) is 1.79. The van der Waals surface area contributed by atoms with Gasteiger partial charge in [-0.1, -0.05) is 36.4 Å². The molecule has 2 aromatic heterocycles. The molecule has 2 aromatic carbocycles. The fraction of sp³-hybridized carbons (Fsp3) is 0. The van der Waals surface area contributed by atoms with E-state index in [0.717, 1.165) is 25.9 Å². The minimum Gasteiger partial charge on any atom is -0.447 e. The van der Waals surface area contributed by atoms with Crippen LogP contribution in [0.2, 0.25) is 0 Å². The van der Waals surface area contributed by atoms with Crippen LogP contribution in [0.15, 0.2) is 52.9 Å². The van der Waals surface area contributed by atoms with E-state index in [0.29, 0.717) is 11.3 Å². The molecule has 4 nitrogen and oxygen atoms in total. The Labute approximate surface area is 129 Å². The smallest absolute Gasteiger partial charge is 0.286 e. The van der Waals surface area contributed by atoms with Crippen LogP contribution in [-0.2, 0) is 0 Å². The number of primary amides is 1. The molecule has 4 N–H and O–H groups in total. The lowest BCUT2D eigenvalue weighted by molar-refractivity contribution is 0.0977. The number of amides is 1. The van der Waals surface area contributed by atoms with E-state index < -0.39 is 5.91 Å². The van der Waals surface area contributed by atoms with Crippen LogP contribution >= 0.6 is 11.3 Å². The number of furan rings is 1. The zero-order chi connectivity index (χ0) is 15.3. The lowest BCUT2D eigenvalue weighted by atomic mass is 10.0. The van der Waals surface area contributed by atoms with Crippen LogP contribution in [0.25, 0.3) is 31.5 Å². The number of thiophene rings is 1. The standard InChI is InChI=1S/C17H12N2O2S/c18-13-15(17(19)20)21-14-11-8-10(9-4-2-1-3-5-9)6-7-12(11)22-16(13)14/h1-8H,18H2,(H2,19,20). The van der Waals surface area contributed by atoms with Crippen molar-refractivity contribution in [3.8, 4) is 11.1 Å². The number of hydrogen-bond donors (Lipinski definition) is 2. The molecule has 0 saturated carbocycles. The second-order valence-corrected chi connectivity index (χ2v) is 6.10. The lowest BCUT2D eigenvalue weighted by Crippen LogP contribution is -2.11. The van der Waals surface area contributed by atoms with Gasteiger partial charge in [0.15, 0.2) is 5.58 Å². The van der Waals surface area contributed by atoms with Gasteiger partial charge in [0.2, 0.25) is 5.76 Å². The van der Waals surface area contributed by atoms with Gasteiger partial charge in [0.05, 0.1) is 4.70 Å². The second kappa shape index (κ2) is 4.61. The normalized spacial score (nSPS) is 11.3. The summed E-state index contributed by atoms with van der Waals surface area (Å²) < 4.78 is 7.45. The van der Waals surface area contributed by atoms with E-state index >= 15 is 0 Å². The van der Waals surface area contributed by atoms with Crippen molar-refractivity contribution < 1.29 is 9.21 Å². The number of nitrogens with two attached hydrogens (primary N) is 2. The summed E-state index contributed by atoms with van der Waals surface area (Å²) in [6.07, 6.45) is 0. The highest BCUT2D eigenvalue weighted by molar-refractivity contribution is 7.26. The second-order valence-electron chi connectivity index (χ2n) is 5.05. The van der Waals surface area contributed by atoms with Crippen molar-refractivity contribution in [2.75, 3.05) is 5.73 Å². The van der Waals surface area contributed by atoms with E-state index in [9.17, 15) is 4.79 Å². The van der Waals surface area contributed by atoms with Crippen LogP contribution in [0.5, 0.6) is 0 Å². The molecule has 0 unspecified atom stereocenters. The Kier molecular flexibility index (Phi) is 2.71. The number of hydrogen-bond acceptors (Lipinski definition) is 4. The number of carbonyl (C=O) groups is 1. The predicted molar refractivity (Wildman–Crippen MR) is 90.0 cm³/mol. The highest BCUT2D eigenvalue weighted by Gasteiger charge is 2.20. The van der Waals surface area contributed by atoms with Gasteiger partial charge in [0.1, 0.15) is 5.69 Å². The number of nitrogen functional groups attached to an aromatic ring is 1. The molecule has 0 saturated heterocycles. The maximum atomic E-state index is 11.4. The molecule has 1 amide bonds. The Balaban J connectivity index is 2.00. The molecule has 4 aromatic rings. The predicted octanol–water partition coefficient (Wildman–Crippen LogP) is 4.00. The first-order chi connectivity index (χ1) is 10.6. The van der Waals surface area contributed by atoms with Gasteiger partial charge in [-0.05, 0) is 23.3 Å². The molecular formula is C17H12N2O2S. The van der Waals surface area contributed by atoms with Crippen molar-refractivity contribution in [2.45, 2.75) is 0 Å². The Morgan fingerprint density at radius 1 is 1.05 bits per heavy atom. The summed E-state index contributed by atoms with van der Waals surface area (Å²) in [4.78, 5) is 11.4. The lowest BCUT2D eigenvalue weighted by Gasteiger charge is -2.01. The van der Waals surface area contributed by atoms with E-state index in [4.69, 9.17) is 15.9 Å². The average molecular weight is 308 g/mol. The van der Waals surface area contributed by atoms with E-state index in [1.54, 1.807) is 0 Å². The summed E-state index contributed by atoms with van der Waals surface area (Å²) >= 11 is 1.50. The molecule has 0 aliphatic carbocycles. The topological polar surface area (TPSA) is 82.2 Å². The van der Waals surface area contributed by atoms with Gasteiger partial charge in [-0.3, -0.25) is 4.79 Å². The maximum Gasteiger partial charge on any atom is 0.286 e. The Hall–Kier alpha value is -2.79. The fourth-order valence-corrected chi connectivity index (χ4v) is 3.67. The minimum atomic E-state index is -0.645. The molecule has 4 rings (SSSR count). The highest BCUT2D eigenvalue weighted by atomic mass is 32.1. The SMILES string of the molecule is NC(=O)c1oc2c(sc3ccc(-c4ccccc4)cc32)c1N. The summed E-state index contributed by atoms with van der Waals surface area (Å²) in [5.74, 6) is -0.610. The largest absolute Gasteiger partial charge is 0.447 e. The summed E-state index contributed by atoms with van der Waals surface area (Å²) in [5, 5.41) is 0.945. The third-order valence-electron chi connectivity index (χ3n) is 3.67. The van der Waals surface area contributed by atoms with Crippen molar-refractivity contribution in [3.63, 3.8) is 0 Å². The molecule has 0 radical (unpaired) electrons. The van der Waals surface area contributed by atoms with Gasteiger partial charge < -0.3 is 15.9 Å². The van der Waals surface area contributed by atoms with Gasteiger partial charge in [-0.2, -0.15) is 0 Å². The molecule has 0 fully saturated rings. The van der Waals surface area contributed by atoms with E-state index in [1.807, 2.05) is 24.3 Å². The monoisotopic (exact) mass is 308 g/mol. The molecule has 0 aliphatic heterocycles. The number of rotatable bonds is 2. The zero-order valence-corrected chi connectivity index (χ0v) is 12.3. The summed E-state index contributed by atoms with van der Waals surface area (Å²) in [7, 11) is 0. The summed E-state index contributed by atoms with van der Waals surface area (Å²) in [6.45, 7) is 0. The maximum absolute atomic E-state index is 11.4. The van der Waals surface area contributed by atoms with Crippen molar-refractivity contribution in [1.82, 2.24) is 0 Å². The Morgan fingerprint density at radius 2 is 1.82 bits per heavy atom. The minimum absolute atomic E-state index is 0.0354. The number of fused-ring (bicyclic) bond motifs is 3. The third-order valence-corrected chi connectivity index (χ3v) is 4.85. The molecule has 0 atom stereocenters. The first-order valence-electron chi connectivity index (χ1n) is 6.75. The first kappa shape index (κ1) is 12.9. The van der Waals surface area contributed by atoms with Gasteiger partial charge in [0, 0.05) is 10.1 Å². The van der Waals surface area contributed by atoms with Gasteiger partial charge in [-0.15, -0.1) is 11.3 Å². The Bertz CT molecular complexity index is 1020. The van der Waals surface area contributed by atoms with Crippen LogP contribution < -0.4 is 11.5 Å². The van der Waals surface area contributed by atoms with Crippen LogP contribution in [-0.4, -0.2) is 5.91 Å². The molecule has 5 heteroatoms. The molecule has 2 heterocycles. The van der Waals surface area contributed by atoms with Gasteiger partial charge >= 0.3 is 0 Å². The van der Waals surface area contributed by atoms with Crippen LogP contribution in [0.4, 0.5) is 5.69 Å². The summed E-state index contributed by atoms with van der Waals surface area (Å²) in [6, 6.07) is 16.2. The molecule has 0 aliphatic rings. The van der Waals surface area contributed by atoms with Crippen LogP contribution in [0, 0.1) is 0 Å². The first-order valence-corrected chi connectivity index (χ1v) is 7.56. The van der Waals surface area contributed by atoms with Gasteiger partial charge in [0.25, 0.3) is 5.91 Å². The van der Waals surface area contributed by atoms with Crippen molar-refractivity contribution in [1.29, 1.82) is 0 Å². The van der Waals surface area contributed by atoms with Crippen molar-refractivity contribution in [3.05, 3.63) is 54.3 Å². The van der Waals surface area contributed by atoms with E-state index in [1.165, 1.54) is 11.3 Å². The number of anilines is 1. The van der Waals surface area contributed by atoms with Gasteiger partial charge in [-0.25, -0.2) is 0 Å². The number of benzene rings is 2. The fourth-order valence-electron chi connectivity index (χ4n) is 2.61. The van der Waals surface area contributed by atoms with Crippen molar-refractivity contribution in [2.24, 2.45) is 5.73 Å². The molecular weight excluding hydrogens is 296 g/mol. The van der Waals surface area contributed by atoms with Crippen LogP contribution in [0.1, 0.15) is 10.6 Å². The average Bonchev–Trinajstić information content (AvgIpc) is 3.05. The Morgan fingerprint density at radius 3 is 2.55 bits per heavy atom. The van der Waals surface area contributed by atoms with E-state index in [2.05, 4.69) is 24.3 Å². The van der Waals surface area contributed by atoms with E-state index in [-0.39, 0.29) is 5.76 Å². The highest BCUT2D eigenvalue weighted by Crippen LogP contribution is 2.41. The summed E-state index contributed by atoms with van der Waals surface area (Å²) in [5.41, 5.74) is 14.4. The molecule has 108 valence electrons. The zero-order valence-electron chi connectivity index (χ0n) is 11.5. The quantitative estimate of drug-likeness (QED) is 0.587. The number of carbonyl (C=O) groups excluding carboxylic acids is 1.